The number of nitrogens with zero attached hydrogens (tertiary/aromatic N) is 4. The highest BCUT2D eigenvalue weighted by molar-refractivity contribution is 7.89. The van der Waals surface area contributed by atoms with Gasteiger partial charge in [-0.05, 0) is 55.2 Å². The Morgan fingerprint density at radius 1 is 1.21 bits per heavy atom. The zero-order valence-corrected chi connectivity index (χ0v) is 17.7. The van der Waals surface area contributed by atoms with Crippen LogP contribution < -0.4 is 5.32 Å². The van der Waals surface area contributed by atoms with Gasteiger partial charge < -0.3 is 5.32 Å². The van der Waals surface area contributed by atoms with Gasteiger partial charge in [0.25, 0.3) is 5.91 Å². The van der Waals surface area contributed by atoms with E-state index < -0.39 is 10.0 Å². The third-order valence-electron chi connectivity index (χ3n) is 6.60. The summed E-state index contributed by atoms with van der Waals surface area (Å²) in [5, 5.41) is 10.7. The van der Waals surface area contributed by atoms with Crippen LogP contribution in [-0.2, 0) is 16.4 Å². The SMILES string of the molecule is CCc1ccc(S(=O)(=O)N2CCC3(CCC3n3cc(C(=O)NC)nn3)CC2)cc1. The van der Waals surface area contributed by atoms with Crippen LogP contribution in [-0.4, -0.2) is 53.8 Å². The lowest BCUT2D eigenvalue weighted by atomic mass is 9.59. The van der Waals surface area contributed by atoms with Crippen LogP contribution in [0.15, 0.2) is 35.4 Å². The van der Waals surface area contributed by atoms with Crippen LogP contribution >= 0.6 is 0 Å². The Morgan fingerprint density at radius 2 is 1.90 bits per heavy atom. The second-order valence-electron chi connectivity index (χ2n) is 7.98. The molecule has 1 saturated heterocycles. The standard InChI is InChI=1S/C20H27N5O3S/c1-3-15-4-6-16(7-5-15)29(27,28)24-12-10-20(11-13-24)9-8-18(20)25-14-17(22-23-25)19(26)21-2/h4-7,14,18H,3,8-13H2,1-2H3,(H,21,26). The van der Waals surface area contributed by atoms with Gasteiger partial charge in [-0.3, -0.25) is 4.79 Å². The molecule has 1 unspecified atom stereocenters. The number of nitrogens with one attached hydrogen (secondary N) is 1. The summed E-state index contributed by atoms with van der Waals surface area (Å²) in [7, 11) is -1.90. The maximum atomic E-state index is 13.0. The van der Waals surface area contributed by atoms with E-state index in [0.717, 1.165) is 37.7 Å². The largest absolute Gasteiger partial charge is 0.354 e. The molecule has 1 aliphatic heterocycles. The zero-order chi connectivity index (χ0) is 20.6. The van der Waals surface area contributed by atoms with Gasteiger partial charge in [-0.1, -0.05) is 24.3 Å². The van der Waals surface area contributed by atoms with E-state index in [9.17, 15) is 13.2 Å². The Kier molecular flexibility index (Phi) is 5.20. The van der Waals surface area contributed by atoms with E-state index in [2.05, 4.69) is 22.6 Å². The van der Waals surface area contributed by atoms with E-state index in [0.29, 0.717) is 23.7 Å². The van der Waals surface area contributed by atoms with Crippen LogP contribution in [0.4, 0.5) is 0 Å². The first kappa shape index (κ1) is 20.0. The number of aromatic nitrogens is 3. The molecule has 0 radical (unpaired) electrons. The van der Waals surface area contributed by atoms with Crippen molar-refractivity contribution < 1.29 is 13.2 Å². The van der Waals surface area contributed by atoms with Crippen molar-refractivity contribution in [2.75, 3.05) is 20.1 Å². The van der Waals surface area contributed by atoms with Crippen molar-refractivity contribution in [3.8, 4) is 0 Å². The van der Waals surface area contributed by atoms with Crippen LogP contribution in [0.2, 0.25) is 0 Å². The number of piperidine rings is 1. The Labute approximate surface area is 171 Å². The molecule has 8 nitrogen and oxygen atoms in total. The van der Waals surface area contributed by atoms with Gasteiger partial charge in [0.15, 0.2) is 5.69 Å². The minimum atomic E-state index is -3.47. The van der Waals surface area contributed by atoms with Gasteiger partial charge in [-0.2, -0.15) is 4.31 Å². The van der Waals surface area contributed by atoms with E-state index in [1.54, 1.807) is 34.4 Å². The van der Waals surface area contributed by atoms with Gasteiger partial charge in [0.05, 0.1) is 17.1 Å². The molecule has 0 bridgehead atoms. The smallest absolute Gasteiger partial charge is 0.273 e. The van der Waals surface area contributed by atoms with Crippen molar-refractivity contribution >= 4 is 15.9 Å². The van der Waals surface area contributed by atoms with Crippen molar-refractivity contribution in [2.24, 2.45) is 5.41 Å². The quantitative estimate of drug-likeness (QED) is 0.803. The van der Waals surface area contributed by atoms with Crippen molar-refractivity contribution in [3.05, 3.63) is 41.7 Å². The predicted molar refractivity (Wildman–Crippen MR) is 108 cm³/mol. The molecule has 1 aromatic heterocycles. The van der Waals surface area contributed by atoms with Gasteiger partial charge in [-0.15, -0.1) is 5.10 Å². The molecule has 156 valence electrons. The second kappa shape index (κ2) is 7.53. The third kappa shape index (κ3) is 3.46. The molecule has 1 atom stereocenters. The van der Waals surface area contributed by atoms with Gasteiger partial charge in [-0.25, -0.2) is 13.1 Å². The minimum absolute atomic E-state index is 0.0335. The number of sulfonamides is 1. The normalized spacial score (nSPS) is 21.7. The number of carbonyl (C=O) groups excluding carboxylic acids is 1. The molecule has 1 aromatic carbocycles. The van der Waals surface area contributed by atoms with Gasteiger partial charge >= 0.3 is 0 Å². The monoisotopic (exact) mass is 417 g/mol. The molecule has 2 heterocycles. The first-order valence-corrected chi connectivity index (χ1v) is 11.6. The van der Waals surface area contributed by atoms with Crippen molar-refractivity contribution in [1.29, 1.82) is 0 Å². The molecule has 1 amide bonds. The fourth-order valence-corrected chi connectivity index (χ4v) is 6.00. The lowest BCUT2D eigenvalue weighted by Gasteiger charge is -2.53. The number of hydrogen-bond donors (Lipinski definition) is 1. The van der Waals surface area contributed by atoms with Crippen molar-refractivity contribution in [2.45, 2.75) is 50.0 Å². The van der Waals surface area contributed by atoms with Gasteiger partial charge in [0.1, 0.15) is 0 Å². The molecule has 1 saturated carbocycles. The number of carbonyl (C=O) groups is 1. The first-order chi connectivity index (χ1) is 13.9. The average molecular weight is 418 g/mol. The summed E-state index contributed by atoms with van der Waals surface area (Å²) in [6, 6.07) is 7.35. The van der Waals surface area contributed by atoms with Crippen LogP contribution in [0.5, 0.6) is 0 Å². The summed E-state index contributed by atoms with van der Waals surface area (Å²) >= 11 is 0. The molecule has 1 spiro atoms. The van der Waals surface area contributed by atoms with Gasteiger partial charge in [0, 0.05) is 20.1 Å². The van der Waals surface area contributed by atoms with E-state index in [4.69, 9.17) is 0 Å². The number of hydrogen-bond acceptors (Lipinski definition) is 5. The Bertz CT molecular complexity index is 991. The third-order valence-corrected chi connectivity index (χ3v) is 8.51. The Balaban J connectivity index is 1.45. The summed E-state index contributed by atoms with van der Waals surface area (Å²) in [6.45, 7) is 3.06. The van der Waals surface area contributed by atoms with E-state index in [1.807, 2.05) is 12.1 Å². The summed E-state index contributed by atoms with van der Waals surface area (Å²) in [5.41, 5.74) is 1.47. The molecular weight excluding hydrogens is 390 g/mol. The summed E-state index contributed by atoms with van der Waals surface area (Å²) in [4.78, 5) is 12.1. The highest BCUT2D eigenvalue weighted by Crippen LogP contribution is 2.56. The number of rotatable bonds is 5. The zero-order valence-electron chi connectivity index (χ0n) is 16.8. The van der Waals surface area contributed by atoms with Crippen molar-refractivity contribution in [1.82, 2.24) is 24.6 Å². The number of benzene rings is 1. The fourth-order valence-electron chi connectivity index (χ4n) is 4.56. The molecule has 1 aliphatic carbocycles. The van der Waals surface area contributed by atoms with Crippen LogP contribution in [0.25, 0.3) is 0 Å². The highest BCUT2D eigenvalue weighted by atomic mass is 32.2. The number of aryl methyl sites for hydroxylation is 1. The topological polar surface area (TPSA) is 97.2 Å². The van der Waals surface area contributed by atoms with Crippen LogP contribution in [0.1, 0.15) is 54.7 Å². The maximum absolute atomic E-state index is 13.0. The fraction of sp³-hybridized carbons (Fsp3) is 0.550. The average Bonchev–Trinajstić information content (AvgIpc) is 3.21. The summed E-state index contributed by atoms with van der Waals surface area (Å²) in [6.07, 6.45) is 6.19. The molecule has 2 fully saturated rings. The Hall–Kier alpha value is -2.26. The highest BCUT2D eigenvalue weighted by Gasteiger charge is 2.51. The Morgan fingerprint density at radius 3 is 2.45 bits per heavy atom. The van der Waals surface area contributed by atoms with Crippen molar-refractivity contribution in [3.63, 3.8) is 0 Å². The molecular formula is C20H27N5O3S. The molecule has 29 heavy (non-hydrogen) atoms. The summed E-state index contributed by atoms with van der Waals surface area (Å²) in [5.74, 6) is -0.250. The number of amides is 1. The molecule has 4 rings (SSSR count). The second-order valence-corrected chi connectivity index (χ2v) is 9.92. The summed E-state index contributed by atoms with van der Waals surface area (Å²) < 4.78 is 29.4. The lowest BCUT2D eigenvalue weighted by molar-refractivity contribution is -0.0160. The van der Waals surface area contributed by atoms with Crippen LogP contribution in [0.3, 0.4) is 0 Å². The van der Waals surface area contributed by atoms with E-state index in [1.165, 1.54) is 0 Å². The molecule has 2 aliphatic rings. The van der Waals surface area contributed by atoms with Gasteiger partial charge in [0.2, 0.25) is 10.0 Å². The first-order valence-electron chi connectivity index (χ1n) is 10.1. The van der Waals surface area contributed by atoms with E-state index >= 15 is 0 Å². The molecule has 1 N–H and O–H groups in total. The molecule has 9 heteroatoms. The van der Waals surface area contributed by atoms with Crippen LogP contribution in [0, 0.1) is 5.41 Å². The maximum Gasteiger partial charge on any atom is 0.273 e. The van der Waals surface area contributed by atoms with E-state index in [-0.39, 0.29) is 17.4 Å². The predicted octanol–water partition coefficient (Wildman–Crippen LogP) is 2.01. The lowest BCUT2D eigenvalue weighted by Crippen LogP contribution is -2.51. The molecule has 2 aromatic rings. The minimum Gasteiger partial charge on any atom is -0.354 e.